The summed E-state index contributed by atoms with van der Waals surface area (Å²) in [5.41, 5.74) is 9.99. The number of rotatable bonds is 4. The molecule has 3 aromatic heterocycles. The van der Waals surface area contributed by atoms with Crippen LogP contribution in [0, 0.1) is 0 Å². The summed E-state index contributed by atoms with van der Waals surface area (Å²) >= 11 is 3.53. The zero-order valence-electron chi connectivity index (χ0n) is 20.5. The summed E-state index contributed by atoms with van der Waals surface area (Å²) in [6.45, 7) is 0. The van der Waals surface area contributed by atoms with Crippen LogP contribution in [-0.2, 0) is 12.8 Å². The second-order valence-electron chi connectivity index (χ2n) is 9.72. The van der Waals surface area contributed by atoms with Crippen LogP contribution in [0.2, 0.25) is 0 Å². The zero-order valence-corrected chi connectivity index (χ0v) is 22.2. The first-order chi connectivity index (χ1) is 18.8. The van der Waals surface area contributed by atoms with Gasteiger partial charge < -0.3 is 4.57 Å². The van der Waals surface area contributed by atoms with E-state index in [9.17, 15) is 0 Å². The van der Waals surface area contributed by atoms with Crippen molar-refractivity contribution in [1.29, 1.82) is 0 Å². The minimum Gasteiger partial charge on any atom is -0.320 e. The lowest BCUT2D eigenvalue weighted by Crippen LogP contribution is -2.11. The monoisotopic (exact) mass is 525 g/mol. The molecule has 3 heterocycles. The molecule has 38 heavy (non-hydrogen) atoms. The fourth-order valence-electron chi connectivity index (χ4n) is 5.59. The van der Waals surface area contributed by atoms with Crippen LogP contribution in [0.5, 0.6) is 0 Å². The third-order valence-electron chi connectivity index (χ3n) is 7.46. The van der Waals surface area contributed by atoms with Crippen molar-refractivity contribution in [2.75, 3.05) is 4.90 Å². The lowest BCUT2D eigenvalue weighted by Gasteiger charge is -2.26. The standard InChI is InChI=1S/C33H23N3S2/c1-2-11-26(12-3-1)36(27-17-16-23-15-14-22-8-6-7-13-28(22)29(23)18-27)33-34-31-30(21-37-32(31)38-33)35-19-24-9-4-5-10-25(24)20-35/h1-13,16-21H,14-15H2. The van der Waals surface area contributed by atoms with E-state index in [-0.39, 0.29) is 0 Å². The molecule has 0 amide bonds. The molecule has 0 saturated heterocycles. The Morgan fingerprint density at radius 3 is 2.21 bits per heavy atom. The highest BCUT2D eigenvalue weighted by Crippen LogP contribution is 2.45. The zero-order chi connectivity index (χ0) is 25.1. The number of benzene rings is 4. The van der Waals surface area contributed by atoms with Gasteiger partial charge in [-0.1, -0.05) is 84.1 Å². The van der Waals surface area contributed by atoms with Gasteiger partial charge in [0.2, 0.25) is 0 Å². The fourth-order valence-corrected chi connectivity index (χ4v) is 7.72. The summed E-state index contributed by atoms with van der Waals surface area (Å²) in [5, 5.41) is 5.68. The highest BCUT2D eigenvalue weighted by molar-refractivity contribution is 7.39. The molecule has 0 saturated carbocycles. The van der Waals surface area contributed by atoms with E-state index in [1.54, 1.807) is 22.7 Å². The number of hydrogen-bond donors (Lipinski definition) is 0. The lowest BCUT2D eigenvalue weighted by atomic mass is 9.85. The fraction of sp³-hybridized carbons (Fsp3) is 0.0606. The lowest BCUT2D eigenvalue weighted by molar-refractivity contribution is 0.941. The van der Waals surface area contributed by atoms with Gasteiger partial charge in [0.1, 0.15) is 9.53 Å². The largest absolute Gasteiger partial charge is 0.320 e. The van der Waals surface area contributed by atoms with Crippen LogP contribution in [0.4, 0.5) is 16.5 Å². The third kappa shape index (κ3) is 3.51. The maximum atomic E-state index is 5.26. The normalized spacial score (nSPS) is 12.5. The molecule has 4 aromatic carbocycles. The molecule has 0 aliphatic heterocycles. The van der Waals surface area contributed by atoms with E-state index in [2.05, 4.69) is 124 Å². The van der Waals surface area contributed by atoms with Gasteiger partial charge in [0.15, 0.2) is 5.13 Å². The van der Waals surface area contributed by atoms with Crippen molar-refractivity contribution in [3.05, 3.63) is 126 Å². The highest BCUT2D eigenvalue weighted by Gasteiger charge is 2.22. The molecule has 182 valence electrons. The Balaban J connectivity index is 1.28. The Morgan fingerprint density at radius 1 is 0.684 bits per heavy atom. The van der Waals surface area contributed by atoms with Gasteiger partial charge in [-0.15, -0.1) is 11.3 Å². The third-order valence-corrected chi connectivity index (χ3v) is 9.59. The van der Waals surface area contributed by atoms with E-state index in [4.69, 9.17) is 4.98 Å². The van der Waals surface area contributed by atoms with E-state index in [0.29, 0.717) is 0 Å². The molecule has 3 nitrogen and oxygen atoms in total. The quantitative estimate of drug-likeness (QED) is 0.228. The molecule has 1 aliphatic carbocycles. The summed E-state index contributed by atoms with van der Waals surface area (Å²) in [5.74, 6) is 0. The van der Waals surface area contributed by atoms with E-state index < -0.39 is 0 Å². The Bertz CT molecular complexity index is 1910. The molecule has 0 fully saturated rings. The Hall–Kier alpha value is -4.19. The number of thiazole rings is 1. The average molecular weight is 526 g/mol. The van der Waals surface area contributed by atoms with Crippen LogP contribution < -0.4 is 4.90 Å². The molecule has 1 aliphatic rings. The van der Waals surface area contributed by atoms with Crippen molar-refractivity contribution < 1.29 is 0 Å². The molecular formula is C33H23N3S2. The van der Waals surface area contributed by atoms with E-state index in [1.165, 1.54) is 37.0 Å². The van der Waals surface area contributed by atoms with Gasteiger partial charge in [-0.05, 0) is 70.1 Å². The van der Waals surface area contributed by atoms with Crippen LogP contribution in [0.3, 0.4) is 0 Å². The molecule has 0 unspecified atom stereocenters. The second kappa shape index (κ2) is 8.69. The van der Waals surface area contributed by atoms with E-state index in [0.717, 1.165) is 40.6 Å². The van der Waals surface area contributed by atoms with Crippen molar-refractivity contribution >= 4 is 59.5 Å². The second-order valence-corrected chi connectivity index (χ2v) is 11.8. The maximum Gasteiger partial charge on any atom is 0.196 e. The van der Waals surface area contributed by atoms with E-state index >= 15 is 0 Å². The first kappa shape index (κ1) is 21.9. The molecule has 0 bridgehead atoms. The Kier molecular flexibility index (Phi) is 5.00. The number of para-hydroxylation sites is 1. The predicted octanol–water partition coefficient (Wildman–Crippen LogP) is 9.54. The van der Waals surface area contributed by atoms with Crippen molar-refractivity contribution in [1.82, 2.24) is 9.55 Å². The van der Waals surface area contributed by atoms with Crippen LogP contribution in [0.15, 0.2) is 115 Å². The minimum absolute atomic E-state index is 0.986. The van der Waals surface area contributed by atoms with Crippen molar-refractivity contribution in [2.24, 2.45) is 0 Å². The molecule has 0 N–H and O–H groups in total. The summed E-state index contributed by atoms with van der Waals surface area (Å²) in [4.78, 5) is 7.57. The highest BCUT2D eigenvalue weighted by atomic mass is 32.2. The van der Waals surface area contributed by atoms with Crippen molar-refractivity contribution in [2.45, 2.75) is 12.8 Å². The van der Waals surface area contributed by atoms with Crippen LogP contribution >= 0.6 is 22.7 Å². The molecule has 8 rings (SSSR count). The molecule has 0 atom stereocenters. The van der Waals surface area contributed by atoms with Gasteiger partial charge in [-0.3, -0.25) is 4.90 Å². The van der Waals surface area contributed by atoms with Crippen LogP contribution in [0.1, 0.15) is 11.1 Å². The number of aryl methyl sites for hydroxylation is 2. The van der Waals surface area contributed by atoms with Gasteiger partial charge in [-0.25, -0.2) is 4.98 Å². The first-order valence-electron chi connectivity index (χ1n) is 12.8. The number of hydrogen-bond acceptors (Lipinski definition) is 4. The first-order valence-corrected chi connectivity index (χ1v) is 14.5. The van der Waals surface area contributed by atoms with Gasteiger partial charge in [0, 0.05) is 29.1 Å². The van der Waals surface area contributed by atoms with E-state index in [1.807, 2.05) is 0 Å². The summed E-state index contributed by atoms with van der Waals surface area (Å²) in [6, 6.07) is 34.9. The molecule has 0 radical (unpaired) electrons. The minimum atomic E-state index is 0.986. The number of fused-ring (bicyclic) bond motifs is 5. The molecule has 7 aromatic rings. The number of thiophene rings is 1. The van der Waals surface area contributed by atoms with Crippen molar-refractivity contribution in [3.63, 3.8) is 0 Å². The predicted molar refractivity (Wildman–Crippen MR) is 162 cm³/mol. The number of aromatic nitrogens is 2. The summed E-state index contributed by atoms with van der Waals surface area (Å²) < 4.78 is 3.45. The van der Waals surface area contributed by atoms with Crippen LogP contribution in [0.25, 0.3) is 37.1 Å². The number of nitrogens with zero attached hydrogens (tertiary/aromatic N) is 3. The Labute approximate surface area is 228 Å². The van der Waals surface area contributed by atoms with Crippen LogP contribution in [-0.4, -0.2) is 9.55 Å². The SMILES string of the molecule is c1ccc(N(c2ccc3c(c2)-c2ccccc2CC3)c2nc3c(-n4cc5ccccc5c4)csc3s2)cc1. The maximum absolute atomic E-state index is 5.26. The summed E-state index contributed by atoms with van der Waals surface area (Å²) in [7, 11) is 0. The molecular weight excluding hydrogens is 503 g/mol. The smallest absolute Gasteiger partial charge is 0.196 e. The van der Waals surface area contributed by atoms with Gasteiger partial charge in [0.25, 0.3) is 0 Å². The van der Waals surface area contributed by atoms with Gasteiger partial charge in [-0.2, -0.15) is 0 Å². The molecule has 5 heteroatoms. The average Bonchev–Trinajstić information content (AvgIpc) is 3.68. The molecule has 0 spiro atoms. The van der Waals surface area contributed by atoms with Gasteiger partial charge in [0.05, 0.1) is 5.69 Å². The Morgan fingerprint density at radius 2 is 1.39 bits per heavy atom. The van der Waals surface area contributed by atoms with Gasteiger partial charge >= 0.3 is 0 Å². The topological polar surface area (TPSA) is 21.1 Å². The summed E-state index contributed by atoms with van der Waals surface area (Å²) in [6.07, 6.45) is 6.59. The van der Waals surface area contributed by atoms with Crippen molar-refractivity contribution in [3.8, 4) is 16.8 Å². The number of anilines is 3.